The van der Waals surface area contributed by atoms with Crippen molar-refractivity contribution in [1.82, 2.24) is 29.9 Å². The molecule has 0 aliphatic heterocycles. The number of benzene rings is 5. The molecule has 7 heteroatoms. The van der Waals surface area contributed by atoms with E-state index < -0.39 is 0 Å². The largest absolute Gasteiger partial charge is 0.496 e. The molecule has 7 aromatic rings. The maximum Gasteiger partial charge on any atom is 0.164 e. The highest BCUT2D eigenvalue weighted by Crippen LogP contribution is 2.42. The van der Waals surface area contributed by atoms with Crippen LogP contribution in [0.25, 0.3) is 73.6 Å². The monoisotopic (exact) mass is 768 g/mol. The molecule has 59 heavy (non-hydrogen) atoms. The lowest BCUT2D eigenvalue weighted by molar-refractivity contribution is 0.399. The Bertz CT molecular complexity index is 2750. The minimum Gasteiger partial charge on any atom is -0.496 e. The van der Waals surface area contributed by atoms with E-state index in [9.17, 15) is 0 Å². The number of nitrogens with zero attached hydrogens (tertiary/aromatic N) is 6. The van der Waals surface area contributed by atoms with Gasteiger partial charge < -0.3 is 4.74 Å². The molecule has 0 atom stereocenters. The van der Waals surface area contributed by atoms with E-state index in [0.717, 1.165) is 63.1 Å². The Hall–Kier alpha value is -7.38. The van der Waals surface area contributed by atoms with Crippen molar-refractivity contribution in [2.45, 2.75) is 32.1 Å². The normalized spacial score (nSPS) is 12.6. The molecule has 0 spiro atoms. The van der Waals surface area contributed by atoms with E-state index in [1.165, 1.54) is 5.57 Å². The summed E-state index contributed by atoms with van der Waals surface area (Å²) in [5.74, 6) is 4.08. The van der Waals surface area contributed by atoms with Crippen molar-refractivity contribution in [3.8, 4) is 73.8 Å². The average molecular weight is 769 g/mol. The average Bonchev–Trinajstić information content (AvgIpc) is 3.31. The molecule has 0 N–H and O–H groups in total. The van der Waals surface area contributed by atoms with Crippen LogP contribution in [0.5, 0.6) is 5.75 Å². The smallest absolute Gasteiger partial charge is 0.164 e. The maximum absolute atomic E-state index is 5.90. The Morgan fingerprint density at radius 1 is 0.593 bits per heavy atom. The third kappa shape index (κ3) is 8.36. The van der Waals surface area contributed by atoms with Gasteiger partial charge in [-0.3, -0.25) is 0 Å². The van der Waals surface area contributed by atoms with Gasteiger partial charge in [0, 0.05) is 44.4 Å². The summed E-state index contributed by atoms with van der Waals surface area (Å²) in [5.41, 5.74) is 9.27. The first-order valence-electron chi connectivity index (χ1n) is 19.7. The van der Waals surface area contributed by atoms with Crippen LogP contribution < -0.4 is 4.74 Å². The Morgan fingerprint density at radius 3 is 1.69 bits per heavy atom. The van der Waals surface area contributed by atoms with Gasteiger partial charge in [-0.2, -0.15) is 0 Å². The third-order valence-electron chi connectivity index (χ3n) is 10.6. The van der Waals surface area contributed by atoms with Gasteiger partial charge in [-0.1, -0.05) is 172 Å². The van der Waals surface area contributed by atoms with Gasteiger partial charge in [0.2, 0.25) is 0 Å². The molecule has 0 fully saturated rings. The van der Waals surface area contributed by atoms with Crippen LogP contribution in [0.1, 0.15) is 38.1 Å². The van der Waals surface area contributed by atoms with Gasteiger partial charge in [-0.15, -0.1) is 0 Å². The Morgan fingerprint density at radius 2 is 1.10 bits per heavy atom. The van der Waals surface area contributed by atoms with Crippen molar-refractivity contribution >= 4 is 5.57 Å². The molecule has 8 rings (SSSR count). The standard InChI is InChI=1S/C52H44N6O/c1-6-7-18-35(2)46-53-48(57-51(54-46)42-31-32-45(59-5)44(34-42)52(3,4)43-25-15-10-16-26-43)38-27-29-39(30-28-38)49-55-47(37-21-13-9-14-22-37)56-50(58-49)41-24-17-23-40(33-41)36-19-11-8-12-20-36/h6-15,17-25,27-34H,1-2,16,26H2,3-5H3/b18-7-. The molecular formula is C52H44N6O. The van der Waals surface area contributed by atoms with Gasteiger partial charge >= 0.3 is 0 Å². The van der Waals surface area contributed by atoms with E-state index in [1.54, 1.807) is 13.2 Å². The first-order chi connectivity index (χ1) is 28.8. The van der Waals surface area contributed by atoms with E-state index in [1.807, 2.05) is 109 Å². The zero-order chi connectivity index (χ0) is 40.8. The fraction of sp³-hybridized carbons (Fsp3) is 0.115. The molecule has 0 saturated heterocycles. The molecule has 0 bridgehead atoms. The van der Waals surface area contributed by atoms with Gasteiger partial charge in [0.15, 0.2) is 34.9 Å². The molecule has 1 aliphatic carbocycles. The minimum absolute atomic E-state index is 0.281. The highest BCUT2D eigenvalue weighted by Gasteiger charge is 2.30. The fourth-order valence-corrected chi connectivity index (χ4v) is 7.26. The van der Waals surface area contributed by atoms with Gasteiger partial charge in [-0.25, -0.2) is 29.9 Å². The van der Waals surface area contributed by atoms with Gasteiger partial charge in [0.25, 0.3) is 0 Å². The summed E-state index contributed by atoms with van der Waals surface area (Å²) in [6, 6.07) is 42.7. The number of hydrogen-bond acceptors (Lipinski definition) is 7. The first kappa shape index (κ1) is 38.5. The van der Waals surface area contributed by atoms with Gasteiger partial charge in [0.1, 0.15) is 5.75 Å². The Kier molecular flexibility index (Phi) is 11.1. The third-order valence-corrected chi connectivity index (χ3v) is 10.6. The maximum atomic E-state index is 5.90. The second-order valence-corrected chi connectivity index (χ2v) is 14.8. The number of rotatable bonds is 12. The summed E-state index contributed by atoms with van der Waals surface area (Å²) < 4.78 is 5.90. The van der Waals surface area contributed by atoms with Crippen molar-refractivity contribution < 1.29 is 4.74 Å². The van der Waals surface area contributed by atoms with E-state index >= 15 is 0 Å². The molecule has 288 valence electrons. The zero-order valence-electron chi connectivity index (χ0n) is 33.5. The van der Waals surface area contributed by atoms with Gasteiger partial charge in [-0.05, 0) is 48.2 Å². The number of allylic oxidation sites excluding steroid dienone is 8. The topological polar surface area (TPSA) is 86.6 Å². The van der Waals surface area contributed by atoms with Crippen LogP contribution in [-0.2, 0) is 5.41 Å². The molecular weight excluding hydrogens is 725 g/mol. The van der Waals surface area contributed by atoms with E-state index in [0.29, 0.717) is 40.5 Å². The number of ether oxygens (including phenoxy) is 1. The molecule has 0 saturated carbocycles. The summed E-state index contributed by atoms with van der Waals surface area (Å²) in [6.07, 6.45) is 13.9. The second kappa shape index (κ2) is 17.0. The van der Waals surface area contributed by atoms with Crippen LogP contribution in [0.3, 0.4) is 0 Å². The van der Waals surface area contributed by atoms with Crippen LogP contribution in [0, 0.1) is 0 Å². The first-order valence-corrected chi connectivity index (χ1v) is 19.7. The lowest BCUT2D eigenvalue weighted by Crippen LogP contribution is -2.22. The number of hydrogen-bond donors (Lipinski definition) is 0. The Labute approximate surface area is 346 Å². The van der Waals surface area contributed by atoms with E-state index in [4.69, 9.17) is 34.6 Å². The highest BCUT2D eigenvalue weighted by molar-refractivity contribution is 5.75. The van der Waals surface area contributed by atoms with Crippen molar-refractivity contribution in [2.24, 2.45) is 0 Å². The molecule has 2 aromatic heterocycles. The molecule has 0 radical (unpaired) electrons. The molecule has 2 heterocycles. The molecule has 0 amide bonds. The van der Waals surface area contributed by atoms with Crippen LogP contribution in [0.2, 0.25) is 0 Å². The summed E-state index contributed by atoms with van der Waals surface area (Å²) >= 11 is 0. The highest BCUT2D eigenvalue weighted by atomic mass is 16.5. The van der Waals surface area contributed by atoms with Crippen molar-refractivity contribution in [3.05, 3.63) is 194 Å². The van der Waals surface area contributed by atoms with E-state index in [2.05, 4.69) is 75.6 Å². The van der Waals surface area contributed by atoms with E-state index in [-0.39, 0.29) is 5.41 Å². The predicted molar refractivity (Wildman–Crippen MR) is 240 cm³/mol. The van der Waals surface area contributed by atoms with Crippen LogP contribution >= 0.6 is 0 Å². The van der Waals surface area contributed by atoms with Gasteiger partial charge in [0.05, 0.1) is 7.11 Å². The molecule has 5 aromatic carbocycles. The number of methoxy groups -OCH3 is 1. The molecule has 0 unspecified atom stereocenters. The van der Waals surface area contributed by atoms with Crippen molar-refractivity contribution in [1.29, 1.82) is 0 Å². The summed E-state index contributed by atoms with van der Waals surface area (Å²) in [7, 11) is 1.71. The predicted octanol–water partition coefficient (Wildman–Crippen LogP) is 12.4. The van der Waals surface area contributed by atoms with Crippen LogP contribution in [-0.4, -0.2) is 37.0 Å². The summed E-state index contributed by atoms with van der Waals surface area (Å²) in [5, 5.41) is 0. The SMILES string of the molecule is C=C/C=C\C(=C)c1nc(-c2ccc(-c3nc(-c4ccccc4)nc(-c4cccc(-c5ccccc5)c4)n3)cc2)nc(-c2ccc(OC)c(C(C)(C)C3=CC=CCC3)c2)n1. The second-order valence-electron chi connectivity index (χ2n) is 14.8. The minimum atomic E-state index is -0.281. The lowest BCUT2D eigenvalue weighted by Gasteiger charge is -2.31. The molecule has 7 nitrogen and oxygen atoms in total. The Balaban J connectivity index is 1.20. The summed E-state index contributed by atoms with van der Waals surface area (Å²) in [4.78, 5) is 29.9. The zero-order valence-corrected chi connectivity index (χ0v) is 33.5. The fourth-order valence-electron chi connectivity index (χ4n) is 7.26. The van der Waals surface area contributed by atoms with Crippen molar-refractivity contribution in [3.63, 3.8) is 0 Å². The number of aromatic nitrogens is 6. The van der Waals surface area contributed by atoms with Crippen molar-refractivity contribution in [2.75, 3.05) is 7.11 Å². The lowest BCUT2D eigenvalue weighted by atomic mass is 9.74. The summed E-state index contributed by atoms with van der Waals surface area (Å²) in [6.45, 7) is 12.6. The van der Waals surface area contributed by atoms with Crippen LogP contribution in [0.15, 0.2) is 183 Å². The quantitative estimate of drug-likeness (QED) is 0.114. The van der Waals surface area contributed by atoms with Crippen LogP contribution in [0.4, 0.5) is 0 Å². The molecule has 1 aliphatic rings.